The highest BCUT2D eigenvalue weighted by Gasteiger charge is 2.14. The van der Waals surface area contributed by atoms with Gasteiger partial charge in [0.2, 0.25) is 5.89 Å². The number of rotatable bonds is 9. The quantitative estimate of drug-likeness (QED) is 0.751. The van der Waals surface area contributed by atoms with Crippen molar-refractivity contribution in [2.24, 2.45) is 11.7 Å². The van der Waals surface area contributed by atoms with Gasteiger partial charge >= 0.3 is 0 Å². The lowest BCUT2D eigenvalue weighted by atomic mass is 10.0. The molecule has 110 valence electrons. The molecule has 0 fully saturated rings. The third kappa shape index (κ3) is 6.97. The fraction of sp³-hybridized carbons (Fsp3) is 0.857. The van der Waals surface area contributed by atoms with Crippen molar-refractivity contribution in [2.45, 2.75) is 64.7 Å². The largest absolute Gasteiger partial charge is 0.339 e. The molecule has 2 unspecified atom stereocenters. The van der Waals surface area contributed by atoms with E-state index in [4.69, 9.17) is 10.3 Å². The fourth-order valence-corrected chi connectivity index (χ4v) is 2.67. The Morgan fingerprint density at radius 1 is 1.21 bits per heavy atom. The first kappa shape index (κ1) is 16.5. The summed E-state index contributed by atoms with van der Waals surface area (Å²) in [7, 11) is 0. The Morgan fingerprint density at radius 2 is 1.95 bits per heavy atom. The van der Waals surface area contributed by atoms with Gasteiger partial charge < -0.3 is 10.3 Å². The Kier molecular flexibility index (Phi) is 7.46. The van der Waals surface area contributed by atoms with Gasteiger partial charge in [-0.15, -0.1) is 0 Å². The van der Waals surface area contributed by atoms with Crippen LogP contribution < -0.4 is 5.73 Å². The van der Waals surface area contributed by atoms with E-state index in [1.165, 1.54) is 0 Å². The molecular formula is C14H27N3OS. The second kappa shape index (κ2) is 8.59. The van der Waals surface area contributed by atoms with Crippen molar-refractivity contribution in [3.8, 4) is 0 Å². The molecule has 0 aromatic carbocycles. The zero-order valence-electron chi connectivity index (χ0n) is 12.6. The second-order valence-corrected chi connectivity index (χ2v) is 6.80. The van der Waals surface area contributed by atoms with Gasteiger partial charge in [0.1, 0.15) is 0 Å². The van der Waals surface area contributed by atoms with Gasteiger partial charge in [0.15, 0.2) is 5.82 Å². The summed E-state index contributed by atoms with van der Waals surface area (Å²) in [4.78, 5) is 4.47. The molecule has 5 heteroatoms. The molecule has 0 aliphatic carbocycles. The molecule has 0 saturated heterocycles. The summed E-state index contributed by atoms with van der Waals surface area (Å²) in [6.07, 6.45) is 3.22. The van der Waals surface area contributed by atoms with Gasteiger partial charge in [0.05, 0.1) is 5.75 Å². The van der Waals surface area contributed by atoms with Crippen LogP contribution in [0, 0.1) is 5.92 Å². The maximum Gasteiger partial charge on any atom is 0.229 e. The average molecular weight is 285 g/mol. The van der Waals surface area contributed by atoms with Crippen LogP contribution in [0.25, 0.3) is 0 Å². The molecule has 0 aliphatic heterocycles. The van der Waals surface area contributed by atoms with Gasteiger partial charge in [-0.2, -0.15) is 16.7 Å². The SMILES string of the molecule is CC(C)CSCc1noc(C(C)CCCC(C)N)n1. The fourth-order valence-electron chi connectivity index (χ4n) is 1.78. The van der Waals surface area contributed by atoms with Crippen LogP contribution in [0.1, 0.15) is 64.6 Å². The second-order valence-electron chi connectivity index (χ2n) is 5.77. The molecule has 0 aliphatic rings. The Balaban J connectivity index is 2.32. The summed E-state index contributed by atoms with van der Waals surface area (Å²) in [5, 5.41) is 4.05. The van der Waals surface area contributed by atoms with Gasteiger partial charge in [0.25, 0.3) is 0 Å². The zero-order chi connectivity index (χ0) is 14.3. The Morgan fingerprint density at radius 3 is 2.58 bits per heavy atom. The summed E-state index contributed by atoms with van der Waals surface area (Å²) in [6.45, 7) is 8.62. The molecule has 0 spiro atoms. The van der Waals surface area contributed by atoms with Gasteiger partial charge in [-0.1, -0.05) is 32.3 Å². The number of aromatic nitrogens is 2. The van der Waals surface area contributed by atoms with Crippen LogP contribution in [-0.2, 0) is 5.75 Å². The van der Waals surface area contributed by atoms with Crippen molar-refractivity contribution in [1.29, 1.82) is 0 Å². The van der Waals surface area contributed by atoms with E-state index in [0.29, 0.717) is 11.8 Å². The highest BCUT2D eigenvalue weighted by molar-refractivity contribution is 7.98. The Hall–Kier alpha value is -0.550. The summed E-state index contributed by atoms with van der Waals surface area (Å²) in [5.74, 6) is 4.59. The van der Waals surface area contributed by atoms with Crippen LogP contribution in [0.4, 0.5) is 0 Å². The summed E-state index contributed by atoms with van der Waals surface area (Å²) in [6, 6.07) is 0.276. The lowest BCUT2D eigenvalue weighted by molar-refractivity contribution is 0.347. The highest BCUT2D eigenvalue weighted by atomic mass is 32.2. The normalized spacial score (nSPS) is 14.8. The first-order valence-electron chi connectivity index (χ1n) is 7.14. The Labute approximate surface area is 120 Å². The molecular weight excluding hydrogens is 258 g/mol. The molecule has 2 N–H and O–H groups in total. The minimum atomic E-state index is 0.276. The maximum atomic E-state index is 5.75. The van der Waals surface area contributed by atoms with Crippen molar-refractivity contribution in [3.63, 3.8) is 0 Å². The van der Waals surface area contributed by atoms with Gasteiger partial charge in [-0.05, 0) is 31.4 Å². The van der Waals surface area contributed by atoms with Crippen LogP contribution in [0.3, 0.4) is 0 Å². The molecule has 19 heavy (non-hydrogen) atoms. The van der Waals surface area contributed by atoms with Crippen LogP contribution in [0.15, 0.2) is 4.52 Å². The molecule has 0 amide bonds. The standard InChI is InChI=1S/C14H27N3OS/c1-10(2)8-19-9-13-16-14(18-17-13)11(3)6-5-7-12(4)15/h10-12H,5-9,15H2,1-4H3. The van der Waals surface area contributed by atoms with Crippen LogP contribution >= 0.6 is 11.8 Å². The van der Waals surface area contributed by atoms with E-state index < -0.39 is 0 Å². The lowest BCUT2D eigenvalue weighted by Gasteiger charge is -2.07. The van der Waals surface area contributed by atoms with E-state index in [2.05, 4.69) is 30.9 Å². The number of hydrogen-bond acceptors (Lipinski definition) is 5. The summed E-state index contributed by atoms with van der Waals surface area (Å²) >= 11 is 1.86. The third-order valence-corrected chi connectivity index (χ3v) is 4.25. The number of nitrogens with two attached hydrogens (primary N) is 1. The van der Waals surface area contributed by atoms with E-state index in [0.717, 1.165) is 42.5 Å². The minimum absolute atomic E-state index is 0.276. The van der Waals surface area contributed by atoms with Crippen LogP contribution in [-0.4, -0.2) is 21.9 Å². The van der Waals surface area contributed by atoms with Crippen LogP contribution in [0.5, 0.6) is 0 Å². The van der Waals surface area contributed by atoms with E-state index in [1.807, 2.05) is 18.7 Å². The summed E-state index contributed by atoms with van der Waals surface area (Å²) < 4.78 is 5.34. The number of nitrogens with zero attached hydrogens (tertiary/aromatic N) is 2. The average Bonchev–Trinajstić information content (AvgIpc) is 2.76. The predicted molar refractivity (Wildman–Crippen MR) is 81.2 cm³/mol. The molecule has 1 aromatic rings. The molecule has 2 atom stereocenters. The molecule has 0 radical (unpaired) electrons. The van der Waals surface area contributed by atoms with E-state index in [1.54, 1.807) is 0 Å². The van der Waals surface area contributed by atoms with Crippen molar-refractivity contribution >= 4 is 11.8 Å². The number of thioether (sulfide) groups is 1. The highest BCUT2D eigenvalue weighted by Crippen LogP contribution is 2.21. The van der Waals surface area contributed by atoms with E-state index in [9.17, 15) is 0 Å². The van der Waals surface area contributed by atoms with Crippen molar-refractivity contribution in [2.75, 3.05) is 5.75 Å². The molecule has 1 heterocycles. The molecule has 0 bridgehead atoms. The van der Waals surface area contributed by atoms with E-state index in [-0.39, 0.29) is 6.04 Å². The molecule has 4 nitrogen and oxygen atoms in total. The Bertz CT molecular complexity index is 352. The molecule has 1 aromatic heterocycles. The van der Waals surface area contributed by atoms with E-state index >= 15 is 0 Å². The van der Waals surface area contributed by atoms with Crippen molar-refractivity contribution in [1.82, 2.24) is 10.1 Å². The smallest absolute Gasteiger partial charge is 0.229 e. The maximum absolute atomic E-state index is 5.75. The van der Waals surface area contributed by atoms with Gasteiger partial charge in [0, 0.05) is 12.0 Å². The predicted octanol–water partition coefficient (Wildman–Crippen LogP) is 3.58. The molecule has 0 saturated carbocycles. The van der Waals surface area contributed by atoms with Crippen molar-refractivity contribution < 1.29 is 4.52 Å². The number of hydrogen-bond donors (Lipinski definition) is 1. The molecule has 1 rings (SSSR count). The topological polar surface area (TPSA) is 64.9 Å². The zero-order valence-corrected chi connectivity index (χ0v) is 13.4. The van der Waals surface area contributed by atoms with Gasteiger partial charge in [-0.25, -0.2) is 0 Å². The summed E-state index contributed by atoms with van der Waals surface area (Å²) in [5.41, 5.74) is 5.75. The lowest BCUT2D eigenvalue weighted by Crippen LogP contribution is -2.14. The third-order valence-electron chi connectivity index (χ3n) is 2.88. The first-order chi connectivity index (χ1) is 8.99. The minimum Gasteiger partial charge on any atom is -0.339 e. The van der Waals surface area contributed by atoms with Crippen LogP contribution in [0.2, 0.25) is 0 Å². The van der Waals surface area contributed by atoms with Crippen molar-refractivity contribution in [3.05, 3.63) is 11.7 Å². The first-order valence-corrected chi connectivity index (χ1v) is 8.30. The van der Waals surface area contributed by atoms with Gasteiger partial charge in [-0.3, -0.25) is 0 Å². The monoisotopic (exact) mass is 285 g/mol.